The van der Waals surface area contributed by atoms with Crippen molar-refractivity contribution in [2.45, 2.75) is 25.1 Å². The van der Waals surface area contributed by atoms with Gasteiger partial charge in [-0.05, 0) is 55.0 Å². The molecule has 1 saturated heterocycles. The van der Waals surface area contributed by atoms with Gasteiger partial charge in [0.15, 0.2) is 0 Å². The number of alkyl halides is 3. The van der Waals surface area contributed by atoms with Crippen molar-refractivity contribution in [3.05, 3.63) is 59.9 Å². The SMILES string of the molecule is O=C(c1ccc2cc(Oc3ccc(C(F)(F)F)cn3)ccc2n1)N1C[C@H]2C[C@@H]1C[C@H]2CO. The molecule has 5 rings (SSSR count). The standard InChI is InChI=1S/C23H20F3N3O3/c24-23(25,26)16-2-6-21(27-10-16)32-18-3-5-19-13(9-18)1-4-20(28-19)22(31)29-11-14-7-17(29)8-15(14)12-30/h1-6,9-10,14-15,17,30H,7-8,11-12H2/t14-,15+,17-/m1/s1. The summed E-state index contributed by atoms with van der Waals surface area (Å²) in [7, 11) is 0. The summed E-state index contributed by atoms with van der Waals surface area (Å²) in [5.74, 6) is 0.976. The third-order valence-corrected chi connectivity index (χ3v) is 6.35. The molecule has 9 heteroatoms. The second-order valence-corrected chi connectivity index (χ2v) is 8.32. The lowest BCUT2D eigenvalue weighted by Gasteiger charge is -2.30. The van der Waals surface area contributed by atoms with Crippen LogP contribution in [0.3, 0.4) is 0 Å². The number of fused-ring (bicyclic) bond motifs is 3. The number of halogens is 3. The van der Waals surface area contributed by atoms with Crippen molar-refractivity contribution in [1.82, 2.24) is 14.9 Å². The number of pyridine rings is 2. The summed E-state index contributed by atoms with van der Waals surface area (Å²) in [6.45, 7) is 0.825. The van der Waals surface area contributed by atoms with E-state index in [1.54, 1.807) is 30.3 Å². The Kier molecular flexibility index (Phi) is 5.00. The molecule has 3 heterocycles. The van der Waals surface area contributed by atoms with Crippen molar-refractivity contribution in [3.8, 4) is 11.6 Å². The maximum Gasteiger partial charge on any atom is 0.417 e. The Hall–Kier alpha value is -3.20. The van der Waals surface area contributed by atoms with Gasteiger partial charge in [-0.2, -0.15) is 13.2 Å². The molecule has 2 bridgehead atoms. The number of piperidine rings is 1. The van der Waals surface area contributed by atoms with Gasteiger partial charge in [-0.3, -0.25) is 4.79 Å². The van der Waals surface area contributed by atoms with Gasteiger partial charge in [-0.25, -0.2) is 9.97 Å². The molecule has 0 radical (unpaired) electrons. The molecular weight excluding hydrogens is 423 g/mol. The number of hydrogen-bond donors (Lipinski definition) is 1. The average Bonchev–Trinajstić information content (AvgIpc) is 3.39. The third-order valence-electron chi connectivity index (χ3n) is 6.35. The first kappa shape index (κ1) is 20.7. The van der Waals surface area contributed by atoms with E-state index in [9.17, 15) is 23.1 Å². The monoisotopic (exact) mass is 443 g/mol. The summed E-state index contributed by atoms with van der Waals surface area (Å²) < 4.78 is 43.6. The molecule has 2 aromatic heterocycles. The van der Waals surface area contributed by atoms with Gasteiger partial charge < -0.3 is 14.7 Å². The summed E-state index contributed by atoms with van der Waals surface area (Å²) in [5, 5.41) is 10.2. The number of amides is 1. The summed E-state index contributed by atoms with van der Waals surface area (Å²) in [4.78, 5) is 23.0. The van der Waals surface area contributed by atoms with Gasteiger partial charge >= 0.3 is 6.18 Å². The Morgan fingerprint density at radius 1 is 1.16 bits per heavy atom. The van der Waals surface area contributed by atoms with E-state index < -0.39 is 11.7 Å². The van der Waals surface area contributed by atoms with Crippen molar-refractivity contribution in [3.63, 3.8) is 0 Å². The lowest BCUT2D eigenvalue weighted by atomic mass is 9.95. The van der Waals surface area contributed by atoms with Crippen LogP contribution in [0.25, 0.3) is 10.9 Å². The quantitative estimate of drug-likeness (QED) is 0.651. The molecular formula is C23H20F3N3O3. The van der Waals surface area contributed by atoms with Crippen molar-refractivity contribution >= 4 is 16.8 Å². The zero-order chi connectivity index (χ0) is 22.5. The molecule has 2 fully saturated rings. The Balaban J connectivity index is 1.31. The minimum absolute atomic E-state index is 0.0439. The molecule has 1 aliphatic heterocycles. The summed E-state index contributed by atoms with van der Waals surface area (Å²) >= 11 is 0. The van der Waals surface area contributed by atoms with Crippen LogP contribution in [0.2, 0.25) is 0 Å². The number of carbonyl (C=O) groups is 1. The van der Waals surface area contributed by atoms with Crippen LogP contribution in [0.15, 0.2) is 48.7 Å². The first-order valence-electron chi connectivity index (χ1n) is 10.4. The number of aromatic nitrogens is 2. The van der Waals surface area contributed by atoms with Crippen molar-refractivity contribution in [1.29, 1.82) is 0 Å². The normalized spacial score (nSPS) is 22.5. The van der Waals surface area contributed by atoms with E-state index in [0.29, 0.717) is 29.4 Å². The van der Waals surface area contributed by atoms with Gasteiger partial charge in [0.25, 0.3) is 5.91 Å². The minimum Gasteiger partial charge on any atom is -0.439 e. The van der Waals surface area contributed by atoms with Crippen molar-refractivity contribution in [2.75, 3.05) is 13.2 Å². The predicted molar refractivity (Wildman–Crippen MR) is 109 cm³/mol. The molecule has 1 aromatic carbocycles. The molecule has 1 aliphatic carbocycles. The first-order valence-corrected chi connectivity index (χ1v) is 10.4. The van der Waals surface area contributed by atoms with Crippen LogP contribution in [-0.2, 0) is 6.18 Å². The molecule has 0 spiro atoms. The highest BCUT2D eigenvalue weighted by Crippen LogP contribution is 2.42. The van der Waals surface area contributed by atoms with Crippen LogP contribution >= 0.6 is 0 Å². The fourth-order valence-electron chi connectivity index (χ4n) is 4.69. The minimum atomic E-state index is -4.45. The zero-order valence-corrected chi connectivity index (χ0v) is 16.9. The molecule has 6 nitrogen and oxygen atoms in total. The topological polar surface area (TPSA) is 75.5 Å². The number of aliphatic hydroxyl groups is 1. The van der Waals surface area contributed by atoms with Gasteiger partial charge in [0.1, 0.15) is 11.4 Å². The molecule has 32 heavy (non-hydrogen) atoms. The highest BCUT2D eigenvalue weighted by atomic mass is 19.4. The molecule has 3 aromatic rings. The second kappa shape index (κ2) is 7.74. The summed E-state index contributed by atoms with van der Waals surface area (Å²) in [5.41, 5.74) is 0.132. The highest BCUT2D eigenvalue weighted by Gasteiger charge is 2.46. The van der Waals surface area contributed by atoms with Gasteiger partial charge in [0.05, 0.1) is 11.1 Å². The van der Waals surface area contributed by atoms with Crippen LogP contribution in [0, 0.1) is 11.8 Å². The smallest absolute Gasteiger partial charge is 0.417 e. The number of carbonyl (C=O) groups excluding carboxylic acids is 1. The maximum atomic E-state index is 13.0. The Morgan fingerprint density at radius 2 is 2.00 bits per heavy atom. The number of ether oxygens (including phenoxy) is 1. The molecule has 166 valence electrons. The third kappa shape index (κ3) is 3.77. The van der Waals surface area contributed by atoms with Gasteiger partial charge in [0.2, 0.25) is 5.88 Å². The summed E-state index contributed by atoms with van der Waals surface area (Å²) in [6.07, 6.45) is -1.96. The Labute approximate surface area is 181 Å². The number of hydrogen-bond acceptors (Lipinski definition) is 5. The maximum absolute atomic E-state index is 13.0. The van der Waals surface area contributed by atoms with E-state index in [-0.39, 0.29) is 30.4 Å². The van der Waals surface area contributed by atoms with E-state index in [1.165, 1.54) is 0 Å². The average molecular weight is 443 g/mol. The number of likely N-dealkylation sites (tertiary alicyclic amines) is 1. The molecule has 3 atom stereocenters. The molecule has 2 aliphatic rings. The fourth-order valence-corrected chi connectivity index (χ4v) is 4.69. The lowest BCUT2D eigenvalue weighted by Crippen LogP contribution is -2.41. The fraction of sp³-hybridized carbons (Fsp3) is 0.348. The number of benzene rings is 1. The van der Waals surface area contributed by atoms with E-state index in [0.717, 1.165) is 36.6 Å². The van der Waals surface area contributed by atoms with E-state index in [4.69, 9.17) is 4.74 Å². The van der Waals surface area contributed by atoms with Crippen molar-refractivity contribution < 1.29 is 27.8 Å². The Morgan fingerprint density at radius 3 is 2.66 bits per heavy atom. The predicted octanol–water partition coefficient (Wildman–Crippen LogP) is 4.28. The summed E-state index contributed by atoms with van der Waals surface area (Å²) in [6, 6.07) is 10.7. The van der Waals surface area contributed by atoms with Gasteiger partial charge in [-0.1, -0.05) is 6.07 Å². The lowest BCUT2D eigenvalue weighted by molar-refractivity contribution is -0.137. The zero-order valence-electron chi connectivity index (χ0n) is 16.9. The molecule has 1 saturated carbocycles. The van der Waals surface area contributed by atoms with Crippen LogP contribution in [0.1, 0.15) is 28.9 Å². The second-order valence-electron chi connectivity index (χ2n) is 8.32. The van der Waals surface area contributed by atoms with Gasteiger partial charge in [-0.15, -0.1) is 0 Å². The first-order chi connectivity index (χ1) is 15.3. The van der Waals surface area contributed by atoms with Crippen LogP contribution in [0.5, 0.6) is 11.6 Å². The molecule has 1 N–H and O–H groups in total. The van der Waals surface area contributed by atoms with Crippen LogP contribution in [0.4, 0.5) is 13.2 Å². The van der Waals surface area contributed by atoms with E-state index in [1.807, 2.05) is 4.90 Å². The number of aliphatic hydroxyl groups excluding tert-OH is 1. The van der Waals surface area contributed by atoms with E-state index in [2.05, 4.69) is 9.97 Å². The van der Waals surface area contributed by atoms with E-state index >= 15 is 0 Å². The molecule has 0 unspecified atom stereocenters. The number of nitrogens with zero attached hydrogens (tertiary/aromatic N) is 3. The van der Waals surface area contributed by atoms with Gasteiger partial charge in [0, 0.05) is 36.8 Å². The highest BCUT2D eigenvalue weighted by molar-refractivity contribution is 5.95. The number of rotatable bonds is 4. The van der Waals surface area contributed by atoms with Crippen LogP contribution < -0.4 is 4.74 Å². The largest absolute Gasteiger partial charge is 0.439 e. The molecule has 1 amide bonds. The Bertz CT molecular complexity index is 1170. The van der Waals surface area contributed by atoms with Crippen molar-refractivity contribution in [2.24, 2.45) is 11.8 Å². The van der Waals surface area contributed by atoms with Crippen LogP contribution in [-0.4, -0.2) is 45.1 Å².